The summed E-state index contributed by atoms with van der Waals surface area (Å²) in [7, 11) is 0. The van der Waals surface area contributed by atoms with Crippen molar-refractivity contribution >= 4 is 27.5 Å². The molecule has 0 aromatic carbocycles. The Balaban J connectivity index is 2.42. The number of carbonyl (C=O) groups is 1. The Morgan fingerprint density at radius 2 is 2.24 bits per heavy atom. The molecule has 0 unspecified atom stereocenters. The third kappa shape index (κ3) is 4.87. The molecule has 1 heterocycles. The molecule has 1 rings (SSSR count). The van der Waals surface area contributed by atoms with Gasteiger partial charge in [-0.2, -0.15) is 5.10 Å². The Hall–Kier alpha value is -0.880. The number of rotatable bonds is 7. The maximum atomic E-state index is 11.1. The molecular weight excluding hydrogens is 284 g/mol. The summed E-state index contributed by atoms with van der Waals surface area (Å²) in [6.07, 6.45) is 3.52. The number of likely N-dealkylation sites (N-methyl/N-ethyl adjacent to an activating group) is 1. The van der Waals surface area contributed by atoms with Crippen LogP contribution >= 0.6 is 15.9 Å². The second-order valence-electron chi connectivity index (χ2n) is 3.70. The molecule has 1 aromatic rings. The van der Waals surface area contributed by atoms with E-state index in [2.05, 4.69) is 45.1 Å². The van der Waals surface area contributed by atoms with Gasteiger partial charge < -0.3 is 10.2 Å². The summed E-state index contributed by atoms with van der Waals surface area (Å²) < 4.78 is 1.85. The number of halogens is 1. The van der Waals surface area contributed by atoms with Crippen LogP contribution in [0.4, 0.5) is 5.69 Å². The van der Waals surface area contributed by atoms with E-state index in [4.69, 9.17) is 0 Å². The molecule has 17 heavy (non-hydrogen) atoms. The van der Waals surface area contributed by atoms with E-state index in [9.17, 15) is 4.79 Å². The third-order valence-corrected chi connectivity index (χ3v) is 3.09. The van der Waals surface area contributed by atoms with Gasteiger partial charge in [0.05, 0.1) is 23.8 Å². The topological polar surface area (TPSA) is 50.2 Å². The SMILES string of the molecule is CCN(CC)CCn1cc(NC(=O)CBr)cn1. The van der Waals surface area contributed by atoms with E-state index in [1.807, 2.05) is 10.9 Å². The lowest BCUT2D eigenvalue weighted by Crippen LogP contribution is -2.27. The third-order valence-electron chi connectivity index (χ3n) is 2.58. The van der Waals surface area contributed by atoms with Gasteiger partial charge in [-0.05, 0) is 13.1 Å². The predicted molar refractivity (Wildman–Crippen MR) is 72.4 cm³/mol. The molecule has 1 aromatic heterocycles. The highest BCUT2D eigenvalue weighted by molar-refractivity contribution is 9.09. The maximum absolute atomic E-state index is 11.1. The second kappa shape index (κ2) is 7.45. The first-order valence-corrected chi connectivity index (χ1v) is 6.92. The van der Waals surface area contributed by atoms with Gasteiger partial charge >= 0.3 is 0 Å². The molecule has 6 heteroatoms. The molecule has 0 saturated heterocycles. The van der Waals surface area contributed by atoms with Crippen LogP contribution in [-0.2, 0) is 11.3 Å². The number of amides is 1. The van der Waals surface area contributed by atoms with Crippen LogP contribution in [0.15, 0.2) is 12.4 Å². The highest BCUT2D eigenvalue weighted by Crippen LogP contribution is 2.05. The van der Waals surface area contributed by atoms with Crippen molar-refractivity contribution in [2.45, 2.75) is 20.4 Å². The first-order valence-electron chi connectivity index (χ1n) is 5.80. The van der Waals surface area contributed by atoms with Gasteiger partial charge in [-0.1, -0.05) is 29.8 Å². The first-order chi connectivity index (χ1) is 8.19. The highest BCUT2D eigenvalue weighted by Gasteiger charge is 2.04. The molecular formula is C11H19BrN4O. The minimum absolute atomic E-state index is 0.0618. The molecule has 0 aliphatic heterocycles. The molecule has 0 atom stereocenters. The van der Waals surface area contributed by atoms with Gasteiger partial charge in [0.2, 0.25) is 5.91 Å². The van der Waals surface area contributed by atoms with Gasteiger partial charge in [0.1, 0.15) is 0 Å². The van der Waals surface area contributed by atoms with Gasteiger partial charge in [0, 0.05) is 12.7 Å². The zero-order valence-corrected chi connectivity index (χ0v) is 11.9. The lowest BCUT2D eigenvalue weighted by atomic mass is 10.4. The molecule has 5 nitrogen and oxygen atoms in total. The molecule has 96 valence electrons. The predicted octanol–water partition coefficient (Wildman–Crippen LogP) is 1.56. The monoisotopic (exact) mass is 302 g/mol. The maximum Gasteiger partial charge on any atom is 0.235 e. The molecule has 0 bridgehead atoms. The van der Waals surface area contributed by atoms with Crippen molar-refractivity contribution in [1.29, 1.82) is 0 Å². The summed E-state index contributed by atoms with van der Waals surface area (Å²) >= 11 is 3.10. The van der Waals surface area contributed by atoms with E-state index >= 15 is 0 Å². The first kappa shape index (κ1) is 14.2. The van der Waals surface area contributed by atoms with Crippen molar-refractivity contribution in [3.8, 4) is 0 Å². The smallest absolute Gasteiger partial charge is 0.235 e. The zero-order valence-electron chi connectivity index (χ0n) is 10.3. The van der Waals surface area contributed by atoms with Crippen LogP contribution in [0.25, 0.3) is 0 Å². The quantitative estimate of drug-likeness (QED) is 0.778. The van der Waals surface area contributed by atoms with E-state index < -0.39 is 0 Å². The Morgan fingerprint density at radius 3 is 2.82 bits per heavy atom. The van der Waals surface area contributed by atoms with Crippen LogP contribution < -0.4 is 5.32 Å². The van der Waals surface area contributed by atoms with Crippen molar-refractivity contribution < 1.29 is 4.79 Å². The van der Waals surface area contributed by atoms with Gasteiger partial charge in [0.15, 0.2) is 0 Å². The summed E-state index contributed by atoms with van der Waals surface area (Å²) in [6.45, 7) is 8.20. The number of alkyl halides is 1. The van der Waals surface area contributed by atoms with Crippen molar-refractivity contribution in [1.82, 2.24) is 14.7 Å². The molecule has 0 radical (unpaired) electrons. The average molecular weight is 303 g/mol. The highest BCUT2D eigenvalue weighted by atomic mass is 79.9. The number of nitrogens with one attached hydrogen (secondary N) is 1. The summed E-state index contributed by atoms with van der Waals surface area (Å²) in [4.78, 5) is 13.5. The average Bonchev–Trinajstić information content (AvgIpc) is 2.78. The van der Waals surface area contributed by atoms with Gasteiger partial charge in [-0.25, -0.2) is 0 Å². The Kier molecular flexibility index (Phi) is 6.21. The molecule has 0 spiro atoms. The van der Waals surface area contributed by atoms with E-state index in [1.165, 1.54) is 0 Å². The number of aromatic nitrogens is 2. The van der Waals surface area contributed by atoms with E-state index in [1.54, 1.807) is 6.20 Å². The normalized spacial score (nSPS) is 10.8. The number of hydrogen-bond donors (Lipinski definition) is 1. The van der Waals surface area contributed by atoms with Gasteiger partial charge in [0.25, 0.3) is 0 Å². The summed E-state index contributed by atoms with van der Waals surface area (Å²) in [5.41, 5.74) is 0.744. The zero-order chi connectivity index (χ0) is 12.7. The second-order valence-corrected chi connectivity index (χ2v) is 4.26. The molecule has 1 N–H and O–H groups in total. The van der Waals surface area contributed by atoms with Gasteiger partial charge in [-0.15, -0.1) is 0 Å². The summed E-state index contributed by atoms with van der Waals surface area (Å²) in [6, 6.07) is 0. The number of nitrogens with zero attached hydrogens (tertiary/aromatic N) is 3. The van der Waals surface area contributed by atoms with Crippen LogP contribution in [0.2, 0.25) is 0 Å². The Morgan fingerprint density at radius 1 is 1.53 bits per heavy atom. The largest absolute Gasteiger partial charge is 0.323 e. The lowest BCUT2D eigenvalue weighted by molar-refractivity contribution is -0.113. The van der Waals surface area contributed by atoms with Crippen molar-refractivity contribution in [2.24, 2.45) is 0 Å². The lowest BCUT2D eigenvalue weighted by Gasteiger charge is -2.17. The Labute approximate surface area is 110 Å². The molecule has 0 fully saturated rings. The molecule has 0 saturated carbocycles. The fourth-order valence-electron chi connectivity index (χ4n) is 1.53. The standard InChI is InChI=1S/C11H19BrN4O/c1-3-15(4-2)5-6-16-9-10(8-13-16)14-11(17)7-12/h8-9H,3-7H2,1-2H3,(H,14,17). The fourth-order valence-corrected chi connectivity index (χ4v) is 1.67. The van der Waals surface area contributed by atoms with Crippen molar-refractivity contribution in [3.63, 3.8) is 0 Å². The van der Waals surface area contributed by atoms with E-state index in [0.717, 1.165) is 31.9 Å². The van der Waals surface area contributed by atoms with Crippen LogP contribution in [0, 0.1) is 0 Å². The van der Waals surface area contributed by atoms with Crippen LogP contribution in [0.5, 0.6) is 0 Å². The van der Waals surface area contributed by atoms with Gasteiger partial charge in [-0.3, -0.25) is 9.48 Å². The number of hydrogen-bond acceptors (Lipinski definition) is 3. The minimum Gasteiger partial charge on any atom is -0.323 e. The summed E-state index contributed by atoms with van der Waals surface area (Å²) in [5.74, 6) is -0.0618. The minimum atomic E-state index is -0.0618. The van der Waals surface area contributed by atoms with Crippen LogP contribution in [0.3, 0.4) is 0 Å². The fraction of sp³-hybridized carbons (Fsp3) is 0.636. The van der Waals surface area contributed by atoms with Crippen molar-refractivity contribution in [2.75, 3.05) is 30.3 Å². The molecule has 1 amide bonds. The van der Waals surface area contributed by atoms with Crippen LogP contribution in [0.1, 0.15) is 13.8 Å². The van der Waals surface area contributed by atoms with E-state index in [-0.39, 0.29) is 5.91 Å². The van der Waals surface area contributed by atoms with E-state index in [0.29, 0.717) is 5.33 Å². The molecule has 0 aliphatic rings. The number of anilines is 1. The Bertz CT molecular complexity index is 349. The number of carbonyl (C=O) groups excluding carboxylic acids is 1. The summed E-state index contributed by atoms with van der Waals surface area (Å²) in [5, 5.41) is 7.25. The van der Waals surface area contributed by atoms with Crippen LogP contribution in [-0.4, -0.2) is 45.6 Å². The molecule has 0 aliphatic carbocycles. The van der Waals surface area contributed by atoms with Crippen molar-refractivity contribution in [3.05, 3.63) is 12.4 Å².